The fourth-order valence-electron chi connectivity index (χ4n) is 2.14. The van der Waals surface area contributed by atoms with Gasteiger partial charge in [-0.2, -0.15) is 0 Å². The van der Waals surface area contributed by atoms with E-state index in [1.54, 1.807) is 0 Å². The van der Waals surface area contributed by atoms with Gasteiger partial charge in [-0.3, -0.25) is 0 Å². The van der Waals surface area contributed by atoms with E-state index in [-0.39, 0.29) is 0 Å². The Morgan fingerprint density at radius 2 is 2.00 bits per heavy atom. The molecule has 1 unspecified atom stereocenters. The van der Waals surface area contributed by atoms with Gasteiger partial charge >= 0.3 is 0 Å². The Kier molecular flexibility index (Phi) is 4.31. The molecular weight excluding hydrogens is 212 g/mol. The van der Waals surface area contributed by atoms with Crippen LogP contribution in [0.2, 0.25) is 0 Å². The second kappa shape index (κ2) is 5.96. The first-order chi connectivity index (χ1) is 8.31. The summed E-state index contributed by atoms with van der Waals surface area (Å²) in [6.45, 7) is 6.33. The topological polar surface area (TPSA) is 49.8 Å². The molecule has 0 spiro atoms. The quantitative estimate of drug-likeness (QED) is 0.815. The molecule has 2 heterocycles. The molecule has 1 aliphatic heterocycles. The van der Waals surface area contributed by atoms with E-state index < -0.39 is 0 Å². The van der Waals surface area contributed by atoms with Crippen LogP contribution in [0.1, 0.15) is 38.1 Å². The van der Waals surface area contributed by atoms with E-state index in [0.717, 1.165) is 43.3 Å². The first-order valence-electron chi connectivity index (χ1n) is 6.66. The van der Waals surface area contributed by atoms with Crippen LogP contribution in [-0.4, -0.2) is 29.1 Å². The van der Waals surface area contributed by atoms with Crippen molar-refractivity contribution in [1.82, 2.24) is 15.3 Å². The van der Waals surface area contributed by atoms with Crippen molar-refractivity contribution in [2.75, 3.05) is 18.4 Å². The van der Waals surface area contributed by atoms with Crippen molar-refractivity contribution in [2.45, 2.75) is 45.6 Å². The van der Waals surface area contributed by atoms with Crippen molar-refractivity contribution < 1.29 is 0 Å². The van der Waals surface area contributed by atoms with Crippen molar-refractivity contribution in [3.05, 3.63) is 17.5 Å². The highest BCUT2D eigenvalue weighted by Crippen LogP contribution is 2.09. The summed E-state index contributed by atoms with van der Waals surface area (Å²) in [4.78, 5) is 9.02. The van der Waals surface area contributed by atoms with Gasteiger partial charge in [0.15, 0.2) is 0 Å². The van der Waals surface area contributed by atoms with Crippen molar-refractivity contribution in [2.24, 2.45) is 0 Å². The molecule has 0 bridgehead atoms. The number of aryl methyl sites for hydroxylation is 2. The highest BCUT2D eigenvalue weighted by atomic mass is 15.1. The number of rotatable bonds is 5. The summed E-state index contributed by atoms with van der Waals surface area (Å²) in [5.74, 6) is 0.787. The van der Waals surface area contributed by atoms with Gasteiger partial charge in [-0.05, 0) is 38.3 Å². The van der Waals surface area contributed by atoms with Crippen LogP contribution < -0.4 is 10.6 Å². The van der Waals surface area contributed by atoms with Crippen molar-refractivity contribution in [3.8, 4) is 0 Å². The fraction of sp³-hybridized carbons (Fsp3) is 0.692. The van der Waals surface area contributed by atoms with E-state index in [2.05, 4.69) is 40.5 Å². The number of hydrogen-bond acceptors (Lipinski definition) is 4. The van der Waals surface area contributed by atoms with Crippen molar-refractivity contribution in [1.29, 1.82) is 0 Å². The molecule has 4 nitrogen and oxygen atoms in total. The van der Waals surface area contributed by atoms with Crippen LogP contribution in [0, 0.1) is 0 Å². The molecule has 2 rings (SSSR count). The minimum Gasteiger partial charge on any atom is -0.353 e. The molecule has 0 saturated carbocycles. The molecule has 1 aliphatic rings. The third-order valence-electron chi connectivity index (χ3n) is 3.23. The molecule has 17 heavy (non-hydrogen) atoms. The lowest BCUT2D eigenvalue weighted by Crippen LogP contribution is -2.29. The highest BCUT2D eigenvalue weighted by Gasteiger charge is 2.13. The Hall–Kier alpha value is -1.16. The lowest BCUT2D eigenvalue weighted by molar-refractivity contribution is 0.630. The molecule has 0 aliphatic carbocycles. The standard InChI is InChI=1S/C13H22N4/c1-3-10-8-11(4-2)17-13(16-10)15-9-12-6-5-7-14-12/h8,12,14H,3-7,9H2,1-2H3,(H,15,16,17). The number of hydrogen-bond donors (Lipinski definition) is 2. The molecular formula is C13H22N4. The maximum atomic E-state index is 4.51. The van der Waals surface area contributed by atoms with Crippen LogP contribution in [0.3, 0.4) is 0 Å². The normalized spacial score (nSPS) is 19.5. The largest absolute Gasteiger partial charge is 0.353 e. The van der Waals surface area contributed by atoms with E-state index >= 15 is 0 Å². The summed E-state index contributed by atoms with van der Waals surface area (Å²) in [7, 11) is 0. The molecule has 1 atom stereocenters. The van der Waals surface area contributed by atoms with Gasteiger partial charge in [-0.1, -0.05) is 13.8 Å². The van der Waals surface area contributed by atoms with Crippen LogP contribution in [0.5, 0.6) is 0 Å². The van der Waals surface area contributed by atoms with E-state index in [4.69, 9.17) is 0 Å². The second-order valence-corrected chi connectivity index (χ2v) is 4.56. The van der Waals surface area contributed by atoms with Crippen LogP contribution in [0.15, 0.2) is 6.07 Å². The second-order valence-electron chi connectivity index (χ2n) is 4.56. The van der Waals surface area contributed by atoms with Gasteiger partial charge in [0.05, 0.1) is 0 Å². The number of nitrogens with one attached hydrogen (secondary N) is 2. The maximum Gasteiger partial charge on any atom is 0.223 e. The Balaban J connectivity index is 1.98. The summed E-state index contributed by atoms with van der Waals surface area (Å²) < 4.78 is 0. The van der Waals surface area contributed by atoms with Crippen molar-refractivity contribution in [3.63, 3.8) is 0 Å². The van der Waals surface area contributed by atoms with E-state index in [0.29, 0.717) is 6.04 Å². The first-order valence-corrected chi connectivity index (χ1v) is 6.66. The average Bonchev–Trinajstić information content (AvgIpc) is 2.89. The third-order valence-corrected chi connectivity index (χ3v) is 3.23. The first kappa shape index (κ1) is 12.3. The molecule has 0 aromatic carbocycles. The smallest absolute Gasteiger partial charge is 0.223 e. The van der Waals surface area contributed by atoms with Crippen LogP contribution in [0.25, 0.3) is 0 Å². The Morgan fingerprint density at radius 3 is 2.53 bits per heavy atom. The molecule has 0 radical (unpaired) electrons. The summed E-state index contributed by atoms with van der Waals surface area (Å²) in [5.41, 5.74) is 2.25. The predicted octanol–water partition coefficient (Wildman–Crippen LogP) is 1.77. The van der Waals surface area contributed by atoms with Crippen LogP contribution in [0.4, 0.5) is 5.95 Å². The SMILES string of the molecule is CCc1cc(CC)nc(NCC2CCCN2)n1. The minimum absolute atomic E-state index is 0.578. The lowest BCUT2D eigenvalue weighted by Gasteiger charge is -2.12. The van der Waals surface area contributed by atoms with E-state index in [1.807, 2.05) is 0 Å². The van der Waals surface area contributed by atoms with Gasteiger partial charge in [0.2, 0.25) is 5.95 Å². The lowest BCUT2D eigenvalue weighted by atomic mass is 10.2. The van der Waals surface area contributed by atoms with Gasteiger partial charge in [-0.25, -0.2) is 9.97 Å². The Bertz CT molecular complexity index is 336. The molecule has 1 aromatic rings. The number of anilines is 1. The molecule has 1 aromatic heterocycles. The summed E-state index contributed by atoms with van der Waals surface area (Å²) in [6, 6.07) is 2.67. The highest BCUT2D eigenvalue weighted by molar-refractivity contribution is 5.28. The Labute approximate surface area is 103 Å². The fourth-order valence-corrected chi connectivity index (χ4v) is 2.14. The summed E-state index contributed by atoms with van der Waals surface area (Å²) in [6.07, 6.45) is 4.46. The molecule has 1 saturated heterocycles. The van der Waals surface area contributed by atoms with Crippen molar-refractivity contribution >= 4 is 5.95 Å². The van der Waals surface area contributed by atoms with Gasteiger partial charge in [0.25, 0.3) is 0 Å². The third kappa shape index (κ3) is 3.40. The molecule has 94 valence electrons. The maximum absolute atomic E-state index is 4.51. The zero-order chi connectivity index (χ0) is 12.1. The van der Waals surface area contributed by atoms with Gasteiger partial charge in [0, 0.05) is 24.0 Å². The Morgan fingerprint density at radius 1 is 1.29 bits per heavy atom. The molecule has 0 amide bonds. The van der Waals surface area contributed by atoms with Gasteiger partial charge in [0.1, 0.15) is 0 Å². The zero-order valence-corrected chi connectivity index (χ0v) is 10.8. The van der Waals surface area contributed by atoms with E-state index in [1.165, 1.54) is 12.8 Å². The summed E-state index contributed by atoms with van der Waals surface area (Å²) >= 11 is 0. The van der Waals surface area contributed by atoms with E-state index in [9.17, 15) is 0 Å². The minimum atomic E-state index is 0.578. The zero-order valence-electron chi connectivity index (χ0n) is 10.8. The van der Waals surface area contributed by atoms with Crippen LogP contribution in [-0.2, 0) is 12.8 Å². The number of nitrogens with zero attached hydrogens (tertiary/aromatic N) is 2. The molecule has 4 heteroatoms. The average molecular weight is 234 g/mol. The molecule has 2 N–H and O–H groups in total. The van der Waals surface area contributed by atoms with Crippen LogP contribution >= 0.6 is 0 Å². The predicted molar refractivity (Wildman–Crippen MR) is 70.3 cm³/mol. The monoisotopic (exact) mass is 234 g/mol. The summed E-state index contributed by atoms with van der Waals surface area (Å²) in [5, 5.41) is 6.82. The number of aromatic nitrogens is 2. The molecule has 1 fully saturated rings. The van der Waals surface area contributed by atoms with Gasteiger partial charge < -0.3 is 10.6 Å². The van der Waals surface area contributed by atoms with Gasteiger partial charge in [-0.15, -0.1) is 0 Å².